The number of methoxy groups -OCH3 is 1. The molecule has 2 fully saturated rings. The SMILES string of the molecule is COC(=O)c1nc(N[C@H](C)C2CCC2)c2c(n1)nc(C1CCCCN1C)n2Cc1ccc(C(F)(F)F)cc1. The van der Waals surface area contributed by atoms with Gasteiger partial charge in [0.1, 0.15) is 11.3 Å². The summed E-state index contributed by atoms with van der Waals surface area (Å²) in [6, 6.07) is 5.32. The van der Waals surface area contributed by atoms with Crippen molar-refractivity contribution < 1.29 is 22.7 Å². The zero-order chi connectivity index (χ0) is 27.0. The molecule has 1 unspecified atom stereocenters. The predicted molar refractivity (Wildman–Crippen MR) is 137 cm³/mol. The molecular formula is C27H33F3N6O2. The number of nitrogens with one attached hydrogen (secondary N) is 1. The maximum absolute atomic E-state index is 13.2. The fraction of sp³-hybridized carbons (Fsp3) is 0.556. The number of esters is 1. The molecule has 3 heterocycles. The van der Waals surface area contributed by atoms with E-state index in [0.29, 0.717) is 35.0 Å². The third-order valence-corrected chi connectivity index (χ3v) is 7.91. The summed E-state index contributed by atoms with van der Waals surface area (Å²) in [7, 11) is 3.33. The lowest BCUT2D eigenvalue weighted by Gasteiger charge is -2.33. The second kappa shape index (κ2) is 10.5. The van der Waals surface area contributed by atoms with E-state index >= 15 is 0 Å². The van der Waals surface area contributed by atoms with Crippen LogP contribution in [0, 0.1) is 5.92 Å². The first-order valence-corrected chi connectivity index (χ1v) is 13.1. The molecule has 8 nitrogen and oxygen atoms in total. The Morgan fingerprint density at radius 1 is 1.11 bits per heavy atom. The molecule has 1 saturated heterocycles. The molecule has 0 spiro atoms. The number of benzene rings is 1. The first-order valence-electron chi connectivity index (χ1n) is 13.1. The molecule has 38 heavy (non-hydrogen) atoms. The second-order valence-electron chi connectivity index (χ2n) is 10.4. The number of likely N-dealkylation sites (tertiary alicyclic amines) is 1. The summed E-state index contributed by atoms with van der Waals surface area (Å²) >= 11 is 0. The Bertz CT molecular complexity index is 1300. The number of ether oxygens (including phenoxy) is 1. The minimum atomic E-state index is -4.40. The summed E-state index contributed by atoms with van der Waals surface area (Å²) in [4.78, 5) is 28.6. The van der Waals surface area contributed by atoms with Crippen LogP contribution in [0.25, 0.3) is 11.2 Å². The molecule has 11 heteroatoms. The normalized spacial score (nSPS) is 19.8. The van der Waals surface area contributed by atoms with Gasteiger partial charge in [-0.25, -0.2) is 19.7 Å². The zero-order valence-corrected chi connectivity index (χ0v) is 21.9. The highest BCUT2D eigenvalue weighted by molar-refractivity contribution is 5.91. The summed E-state index contributed by atoms with van der Waals surface area (Å²) in [5.41, 5.74) is 1.01. The molecule has 2 aliphatic rings. The largest absolute Gasteiger partial charge is 0.463 e. The molecule has 1 N–H and O–H groups in total. The summed E-state index contributed by atoms with van der Waals surface area (Å²) in [6.07, 6.45) is 2.05. The quantitative estimate of drug-likeness (QED) is 0.407. The number of carbonyl (C=O) groups is 1. The average Bonchev–Trinajstić information content (AvgIpc) is 3.20. The number of halogens is 3. The Hall–Kier alpha value is -3.21. The number of imidazole rings is 1. The van der Waals surface area contributed by atoms with E-state index in [-0.39, 0.29) is 17.9 Å². The van der Waals surface area contributed by atoms with Crippen molar-refractivity contribution in [2.45, 2.75) is 70.3 Å². The molecule has 0 radical (unpaired) electrons. The van der Waals surface area contributed by atoms with Crippen molar-refractivity contribution in [3.05, 3.63) is 47.0 Å². The number of anilines is 1. The molecule has 3 aromatic rings. The first-order chi connectivity index (χ1) is 18.2. The lowest BCUT2D eigenvalue weighted by atomic mass is 9.80. The van der Waals surface area contributed by atoms with Crippen molar-refractivity contribution in [3.63, 3.8) is 0 Å². The number of hydrogen-bond donors (Lipinski definition) is 1. The smallest absolute Gasteiger partial charge is 0.416 e. The van der Waals surface area contributed by atoms with Crippen molar-refractivity contribution in [1.29, 1.82) is 0 Å². The van der Waals surface area contributed by atoms with Gasteiger partial charge in [-0.3, -0.25) is 4.90 Å². The molecular weight excluding hydrogens is 497 g/mol. The van der Waals surface area contributed by atoms with Crippen LogP contribution in [0.15, 0.2) is 24.3 Å². The minimum absolute atomic E-state index is 0.00544. The Kier molecular flexibility index (Phi) is 7.30. The molecule has 1 aliphatic heterocycles. The Morgan fingerprint density at radius 3 is 2.45 bits per heavy atom. The van der Waals surface area contributed by atoms with E-state index in [1.54, 1.807) is 0 Å². The van der Waals surface area contributed by atoms with Crippen LogP contribution in [0.2, 0.25) is 0 Å². The second-order valence-corrected chi connectivity index (χ2v) is 10.4. The number of piperidine rings is 1. The highest BCUT2D eigenvalue weighted by Crippen LogP contribution is 2.36. The molecule has 2 aromatic heterocycles. The predicted octanol–water partition coefficient (Wildman–Crippen LogP) is 5.44. The summed E-state index contributed by atoms with van der Waals surface area (Å²) in [6.45, 7) is 3.31. The lowest BCUT2D eigenvalue weighted by Crippen LogP contribution is -2.32. The van der Waals surface area contributed by atoms with Gasteiger partial charge in [-0.15, -0.1) is 0 Å². The summed E-state index contributed by atoms with van der Waals surface area (Å²) in [5.74, 6) is 1.01. The van der Waals surface area contributed by atoms with E-state index in [4.69, 9.17) is 9.72 Å². The van der Waals surface area contributed by atoms with Crippen LogP contribution in [0.3, 0.4) is 0 Å². The third kappa shape index (κ3) is 5.21. The van der Waals surface area contributed by atoms with Crippen molar-refractivity contribution in [2.75, 3.05) is 26.0 Å². The van der Waals surface area contributed by atoms with E-state index in [1.807, 2.05) is 4.57 Å². The minimum Gasteiger partial charge on any atom is -0.463 e. The molecule has 5 rings (SSSR count). The summed E-state index contributed by atoms with van der Waals surface area (Å²) in [5, 5.41) is 3.51. The van der Waals surface area contributed by atoms with E-state index in [0.717, 1.165) is 56.6 Å². The molecule has 1 aromatic carbocycles. The van der Waals surface area contributed by atoms with Gasteiger partial charge in [0.05, 0.1) is 18.7 Å². The van der Waals surface area contributed by atoms with Gasteiger partial charge < -0.3 is 14.6 Å². The number of alkyl halides is 3. The van der Waals surface area contributed by atoms with Gasteiger partial charge in [-0.05, 0) is 69.8 Å². The molecule has 0 amide bonds. The zero-order valence-electron chi connectivity index (χ0n) is 21.9. The lowest BCUT2D eigenvalue weighted by molar-refractivity contribution is -0.137. The topological polar surface area (TPSA) is 85.2 Å². The highest BCUT2D eigenvalue weighted by Gasteiger charge is 2.32. The van der Waals surface area contributed by atoms with E-state index in [9.17, 15) is 18.0 Å². The van der Waals surface area contributed by atoms with E-state index in [1.165, 1.54) is 25.7 Å². The highest BCUT2D eigenvalue weighted by atomic mass is 19.4. The number of fused-ring (bicyclic) bond motifs is 1. The Labute approximate surface area is 219 Å². The van der Waals surface area contributed by atoms with Crippen molar-refractivity contribution in [1.82, 2.24) is 24.4 Å². The average molecular weight is 531 g/mol. The van der Waals surface area contributed by atoms with Gasteiger partial charge in [-0.2, -0.15) is 13.2 Å². The van der Waals surface area contributed by atoms with Crippen LogP contribution in [0.1, 0.15) is 79.1 Å². The van der Waals surface area contributed by atoms with Gasteiger partial charge in [0.15, 0.2) is 11.5 Å². The van der Waals surface area contributed by atoms with Gasteiger partial charge in [0, 0.05) is 12.6 Å². The fourth-order valence-electron chi connectivity index (χ4n) is 5.41. The van der Waals surface area contributed by atoms with Crippen LogP contribution >= 0.6 is 0 Å². The van der Waals surface area contributed by atoms with Crippen LogP contribution < -0.4 is 5.32 Å². The van der Waals surface area contributed by atoms with E-state index < -0.39 is 17.7 Å². The van der Waals surface area contributed by atoms with Crippen LogP contribution in [0.5, 0.6) is 0 Å². The monoisotopic (exact) mass is 530 g/mol. The number of hydrogen-bond acceptors (Lipinski definition) is 7. The molecule has 204 valence electrons. The standard InChI is InChI=1S/C27H33F3N6O2/c1-16(18-7-6-8-18)31-22-21-23(33-24(32-22)26(37)38-3)34-25(20-9-4-5-14-35(20)2)36(21)15-17-10-12-19(13-11-17)27(28,29)30/h10-13,16,18,20H,4-9,14-15H2,1-3H3,(H,31,32,33)/t16-,20?/m1/s1. The maximum atomic E-state index is 13.2. The van der Waals surface area contributed by atoms with Gasteiger partial charge in [0.2, 0.25) is 5.82 Å². The molecule has 2 atom stereocenters. The number of nitrogens with zero attached hydrogens (tertiary/aromatic N) is 5. The van der Waals surface area contributed by atoms with Crippen LogP contribution in [0.4, 0.5) is 19.0 Å². The van der Waals surface area contributed by atoms with Crippen LogP contribution in [-0.4, -0.2) is 57.1 Å². The number of rotatable bonds is 7. The van der Waals surface area contributed by atoms with Gasteiger partial charge in [-0.1, -0.05) is 25.0 Å². The van der Waals surface area contributed by atoms with Crippen molar-refractivity contribution in [3.8, 4) is 0 Å². The van der Waals surface area contributed by atoms with Crippen molar-refractivity contribution >= 4 is 23.0 Å². The number of aromatic nitrogens is 4. The van der Waals surface area contributed by atoms with Gasteiger partial charge in [0.25, 0.3) is 0 Å². The third-order valence-electron chi connectivity index (χ3n) is 7.91. The van der Waals surface area contributed by atoms with Crippen molar-refractivity contribution in [2.24, 2.45) is 5.92 Å². The first kappa shape index (κ1) is 26.4. The summed E-state index contributed by atoms with van der Waals surface area (Å²) < 4.78 is 46.4. The molecule has 1 saturated carbocycles. The van der Waals surface area contributed by atoms with Crippen LogP contribution in [-0.2, 0) is 17.5 Å². The maximum Gasteiger partial charge on any atom is 0.416 e. The van der Waals surface area contributed by atoms with Gasteiger partial charge >= 0.3 is 12.1 Å². The Morgan fingerprint density at radius 2 is 1.84 bits per heavy atom. The Balaban J connectivity index is 1.64. The number of carbonyl (C=O) groups excluding carboxylic acids is 1. The fourth-order valence-corrected chi connectivity index (χ4v) is 5.41. The molecule has 1 aliphatic carbocycles. The molecule has 0 bridgehead atoms. The van der Waals surface area contributed by atoms with E-state index in [2.05, 4.69) is 34.2 Å².